The second-order valence-electron chi connectivity index (χ2n) is 4.66. The van der Waals surface area contributed by atoms with Gasteiger partial charge < -0.3 is 19.8 Å². The lowest BCUT2D eigenvalue weighted by Crippen LogP contribution is -2.24. The molecule has 2 rings (SSSR count). The maximum Gasteiger partial charge on any atom is 0.293 e. The van der Waals surface area contributed by atoms with Gasteiger partial charge in [0, 0.05) is 20.5 Å². The summed E-state index contributed by atoms with van der Waals surface area (Å²) >= 11 is 0. The lowest BCUT2D eigenvalue weighted by atomic mass is 10.2. The second-order valence-corrected chi connectivity index (χ2v) is 4.66. The van der Waals surface area contributed by atoms with Crippen LogP contribution in [0.4, 0.5) is 5.95 Å². The quantitative estimate of drug-likeness (QED) is 0.510. The summed E-state index contributed by atoms with van der Waals surface area (Å²) in [6.07, 6.45) is 0.687. The Morgan fingerprint density at radius 3 is 3.00 bits per heavy atom. The van der Waals surface area contributed by atoms with Crippen molar-refractivity contribution in [2.24, 2.45) is 4.99 Å². The number of hydrogen-bond acceptors (Lipinski definition) is 7. The summed E-state index contributed by atoms with van der Waals surface area (Å²) in [5.74, 6) is 0.0852. The molecule has 0 spiro atoms. The van der Waals surface area contributed by atoms with Crippen LogP contribution in [0.2, 0.25) is 0 Å². The molecule has 0 radical (unpaired) electrons. The minimum absolute atomic E-state index is 0.0852. The van der Waals surface area contributed by atoms with Crippen LogP contribution < -0.4 is 5.56 Å². The van der Waals surface area contributed by atoms with Gasteiger partial charge in [-0.2, -0.15) is 10.1 Å². The first kappa shape index (κ1) is 14.6. The van der Waals surface area contributed by atoms with Gasteiger partial charge in [-0.25, -0.2) is 9.67 Å². The first-order valence-electron chi connectivity index (χ1n) is 6.12. The van der Waals surface area contributed by atoms with Crippen molar-refractivity contribution in [3.63, 3.8) is 0 Å². The molecule has 1 saturated heterocycles. The van der Waals surface area contributed by atoms with Crippen LogP contribution in [0.3, 0.4) is 0 Å². The number of hydrogen-bond donors (Lipinski definition) is 2. The van der Waals surface area contributed by atoms with Crippen LogP contribution in [0.5, 0.6) is 0 Å². The maximum atomic E-state index is 11.3. The average molecular weight is 283 g/mol. The van der Waals surface area contributed by atoms with Crippen LogP contribution in [0, 0.1) is 0 Å². The van der Waals surface area contributed by atoms with E-state index in [9.17, 15) is 9.90 Å². The van der Waals surface area contributed by atoms with E-state index >= 15 is 0 Å². The fraction of sp³-hybridized carbons (Fsp3) is 0.636. The van der Waals surface area contributed by atoms with Gasteiger partial charge in [-0.15, -0.1) is 0 Å². The van der Waals surface area contributed by atoms with E-state index in [1.54, 1.807) is 19.0 Å². The van der Waals surface area contributed by atoms with Gasteiger partial charge in [-0.1, -0.05) is 0 Å². The highest BCUT2D eigenvalue weighted by molar-refractivity contribution is 5.57. The van der Waals surface area contributed by atoms with E-state index in [2.05, 4.69) is 15.1 Å². The highest BCUT2D eigenvalue weighted by Gasteiger charge is 2.35. The van der Waals surface area contributed by atoms with Gasteiger partial charge >= 0.3 is 0 Å². The summed E-state index contributed by atoms with van der Waals surface area (Å²) < 4.78 is 6.79. The average Bonchev–Trinajstić information content (AvgIpc) is 2.77. The molecule has 1 aromatic heterocycles. The van der Waals surface area contributed by atoms with Crippen LogP contribution in [0.25, 0.3) is 0 Å². The third-order valence-corrected chi connectivity index (χ3v) is 2.77. The van der Waals surface area contributed by atoms with Gasteiger partial charge in [0.25, 0.3) is 11.5 Å². The molecule has 0 saturated carbocycles. The molecule has 2 heterocycles. The molecule has 1 aliphatic rings. The molecule has 9 heteroatoms. The van der Waals surface area contributed by atoms with Gasteiger partial charge in [0.1, 0.15) is 12.3 Å². The molecule has 0 amide bonds. The van der Waals surface area contributed by atoms with E-state index in [1.165, 1.54) is 11.0 Å². The molecule has 3 atom stereocenters. The second kappa shape index (κ2) is 6.07. The van der Waals surface area contributed by atoms with Crippen molar-refractivity contribution >= 4 is 12.3 Å². The Labute approximate surface area is 115 Å². The number of aliphatic imine (C=N–C) groups is 1. The zero-order chi connectivity index (χ0) is 14.7. The predicted octanol–water partition coefficient (Wildman–Crippen LogP) is -1.50. The van der Waals surface area contributed by atoms with E-state index in [0.29, 0.717) is 0 Å². The predicted molar refractivity (Wildman–Crippen MR) is 69.8 cm³/mol. The smallest absolute Gasteiger partial charge is 0.293 e. The number of nitrogens with zero attached hydrogens (tertiary/aromatic N) is 5. The first-order valence-corrected chi connectivity index (χ1v) is 6.12. The molecule has 20 heavy (non-hydrogen) atoms. The Morgan fingerprint density at radius 2 is 2.40 bits per heavy atom. The molecule has 2 N–H and O–H groups in total. The van der Waals surface area contributed by atoms with E-state index in [1.807, 2.05) is 0 Å². The van der Waals surface area contributed by atoms with Crippen molar-refractivity contribution in [3.8, 4) is 0 Å². The maximum absolute atomic E-state index is 11.3. The molecule has 0 aromatic carbocycles. The zero-order valence-electron chi connectivity index (χ0n) is 11.2. The van der Waals surface area contributed by atoms with E-state index in [4.69, 9.17) is 9.84 Å². The molecule has 110 valence electrons. The molecular weight excluding hydrogens is 266 g/mol. The Kier molecular flexibility index (Phi) is 4.42. The minimum atomic E-state index is -0.795. The normalized spacial score (nSPS) is 26.3. The van der Waals surface area contributed by atoms with E-state index < -0.39 is 24.0 Å². The fourth-order valence-corrected chi connectivity index (χ4v) is 1.83. The third kappa shape index (κ3) is 3.18. The van der Waals surface area contributed by atoms with Crippen molar-refractivity contribution in [2.75, 3.05) is 20.7 Å². The summed E-state index contributed by atoms with van der Waals surface area (Å²) in [6.45, 7) is -0.290. The lowest BCUT2D eigenvalue weighted by Gasteiger charge is -2.15. The van der Waals surface area contributed by atoms with Gasteiger partial charge in [0.05, 0.1) is 19.0 Å². The monoisotopic (exact) mass is 283 g/mol. The number of aliphatic hydroxyl groups excluding tert-OH is 2. The van der Waals surface area contributed by atoms with Gasteiger partial charge in [0.2, 0.25) is 0 Å². The SMILES string of the molecule is CN(C)/C=N/c1nc(=O)cnn1[C@H]1C[C@H](O)[C@@H](CO)O1. The summed E-state index contributed by atoms with van der Waals surface area (Å²) in [6, 6.07) is 0. The molecule has 1 fully saturated rings. The molecule has 0 aliphatic carbocycles. The van der Waals surface area contributed by atoms with Crippen LogP contribution >= 0.6 is 0 Å². The molecule has 1 aromatic rings. The molecule has 0 unspecified atom stereocenters. The van der Waals surface area contributed by atoms with Crippen molar-refractivity contribution in [2.45, 2.75) is 24.9 Å². The van der Waals surface area contributed by atoms with Gasteiger partial charge in [0.15, 0.2) is 6.23 Å². The number of aliphatic hydroxyl groups is 2. The number of aromatic nitrogens is 3. The summed E-state index contributed by atoms with van der Waals surface area (Å²) in [5.41, 5.74) is -0.510. The van der Waals surface area contributed by atoms with Crippen molar-refractivity contribution in [1.29, 1.82) is 0 Å². The van der Waals surface area contributed by atoms with Gasteiger partial charge in [-0.3, -0.25) is 4.79 Å². The van der Waals surface area contributed by atoms with Crippen LogP contribution in [-0.2, 0) is 4.74 Å². The van der Waals surface area contributed by atoms with Crippen molar-refractivity contribution in [3.05, 3.63) is 16.6 Å². The molecule has 0 bridgehead atoms. The molecule has 9 nitrogen and oxygen atoms in total. The van der Waals surface area contributed by atoms with Crippen LogP contribution in [-0.4, -0.2) is 69.1 Å². The van der Waals surface area contributed by atoms with E-state index in [-0.39, 0.29) is 19.0 Å². The van der Waals surface area contributed by atoms with Crippen LogP contribution in [0.1, 0.15) is 12.6 Å². The summed E-state index contributed by atoms with van der Waals surface area (Å²) in [7, 11) is 3.56. The highest BCUT2D eigenvalue weighted by atomic mass is 16.5. The zero-order valence-corrected chi connectivity index (χ0v) is 11.2. The molecular formula is C11H17N5O4. The standard InChI is InChI=1S/C11H17N5O4/c1-15(2)6-12-11-14-9(19)4-13-16(11)10-3-7(18)8(5-17)20-10/h4,6-8,10,17-18H,3,5H2,1-2H3/b12-6+/t7-,8+,10+/m0/s1. The van der Waals surface area contributed by atoms with Crippen molar-refractivity contribution < 1.29 is 14.9 Å². The van der Waals surface area contributed by atoms with E-state index in [0.717, 1.165) is 6.20 Å². The molecule has 1 aliphatic heterocycles. The first-order chi connectivity index (χ1) is 9.51. The highest BCUT2D eigenvalue weighted by Crippen LogP contribution is 2.29. The third-order valence-electron chi connectivity index (χ3n) is 2.77. The number of rotatable bonds is 4. The van der Waals surface area contributed by atoms with Crippen molar-refractivity contribution in [1.82, 2.24) is 19.7 Å². The Bertz CT molecular complexity index is 544. The Hall–Kier alpha value is -1.84. The van der Waals surface area contributed by atoms with Gasteiger partial charge in [-0.05, 0) is 0 Å². The summed E-state index contributed by atoms with van der Waals surface area (Å²) in [4.78, 5) is 20.8. The summed E-state index contributed by atoms with van der Waals surface area (Å²) in [5, 5.41) is 22.7. The fourth-order valence-electron chi connectivity index (χ4n) is 1.83. The van der Waals surface area contributed by atoms with Crippen LogP contribution in [0.15, 0.2) is 16.0 Å². The lowest BCUT2D eigenvalue weighted by molar-refractivity contribution is -0.0485. The number of ether oxygens (including phenoxy) is 1. The topological polar surface area (TPSA) is 113 Å². The Balaban J connectivity index is 2.30. The largest absolute Gasteiger partial charge is 0.394 e. The minimum Gasteiger partial charge on any atom is -0.394 e. The Morgan fingerprint density at radius 1 is 1.65 bits per heavy atom.